The van der Waals surface area contributed by atoms with Gasteiger partial charge >= 0.3 is 0 Å². The molecule has 0 aliphatic rings. The fourth-order valence-corrected chi connectivity index (χ4v) is 5.93. The molecule has 7 nitrogen and oxygen atoms in total. The van der Waals surface area contributed by atoms with Gasteiger partial charge in [0.25, 0.3) is 11.5 Å². The molecular weight excluding hydrogens is 539 g/mol. The Morgan fingerprint density at radius 2 is 1.92 bits per heavy atom. The van der Waals surface area contributed by atoms with Gasteiger partial charge in [-0.2, -0.15) is 0 Å². The molecule has 2 N–H and O–H groups in total. The number of thiophene rings is 1. The number of aromatic nitrogens is 2. The van der Waals surface area contributed by atoms with E-state index in [1.807, 2.05) is 39.0 Å². The molecule has 0 aliphatic heterocycles. The quantitative estimate of drug-likeness (QED) is 0.243. The molecule has 0 saturated heterocycles. The van der Waals surface area contributed by atoms with Crippen molar-refractivity contribution < 1.29 is 13.6 Å². The van der Waals surface area contributed by atoms with Crippen molar-refractivity contribution in [1.29, 1.82) is 0 Å². The van der Waals surface area contributed by atoms with Gasteiger partial charge in [-0.25, -0.2) is 9.37 Å². The van der Waals surface area contributed by atoms with Gasteiger partial charge in [-0.15, -0.1) is 11.3 Å². The maximum atomic E-state index is 14.2. The summed E-state index contributed by atoms with van der Waals surface area (Å²) in [6.07, 6.45) is 0. The summed E-state index contributed by atoms with van der Waals surface area (Å²) in [5.41, 5.74) is 7.76. The van der Waals surface area contributed by atoms with Crippen molar-refractivity contribution >= 4 is 50.9 Å². The monoisotopic (exact) mass is 566 g/mol. The summed E-state index contributed by atoms with van der Waals surface area (Å²) in [7, 11) is 0. The number of hydrogen-bond acceptors (Lipinski definition) is 6. The van der Waals surface area contributed by atoms with Gasteiger partial charge < -0.3 is 15.1 Å². The molecule has 0 spiro atoms. The van der Waals surface area contributed by atoms with Gasteiger partial charge in [0.2, 0.25) is 5.58 Å². The van der Waals surface area contributed by atoms with Crippen molar-refractivity contribution in [2.24, 2.45) is 11.7 Å². The van der Waals surface area contributed by atoms with Gasteiger partial charge in [0.05, 0.1) is 16.9 Å². The van der Waals surface area contributed by atoms with E-state index in [1.54, 1.807) is 23.1 Å². The molecule has 0 radical (unpaired) electrons. The average Bonchev–Trinajstić information content (AvgIpc) is 3.48. The Morgan fingerprint density at radius 3 is 2.56 bits per heavy atom. The summed E-state index contributed by atoms with van der Waals surface area (Å²) in [5.74, 6) is -0.468. The Balaban J connectivity index is 1.76. The molecule has 5 aromatic rings. The number of hydrogen-bond donors (Lipinski definition) is 1. The van der Waals surface area contributed by atoms with Crippen LogP contribution in [-0.2, 0) is 6.54 Å². The third-order valence-corrected chi connectivity index (χ3v) is 7.89. The Morgan fingerprint density at radius 1 is 1.18 bits per heavy atom. The van der Waals surface area contributed by atoms with Crippen LogP contribution in [0, 0.1) is 18.7 Å². The van der Waals surface area contributed by atoms with Crippen molar-refractivity contribution in [2.75, 3.05) is 13.1 Å². The summed E-state index contributed by atoms with van der Waals surface area (Å²) in [6.45, 7) is 6.52. The number of rotatable bonds is 8. The predicted octanol–water partition coefficient (Wildman–Crippen LogP) is 6.15. The van der Waals surface area contributed by atoms with Gasteiger partial charge in [0, 0.05) is 28.9 Å². The first-order valence-electron chi connectivity index (χ1n) is 12.6. The number of fused-ring (bicyclic) bond motifs is 3. The van der Waals surface area contributed by atoms with E-state index in [2.05, 4.69) is 0 Å². The molecule has 2 aromatic carbocycles. The molecule has 0 fully saturated rings. The second kappa shape index (κ2) is 10.9. The van der Waals surface area contributed by atoms with E-state index in [9.17, 15) is 14.0 Å². The highest BCUT2D eigenvalue weighted by Gasteiger charge is 2.33. The zero-order valence-corrected chi connectivity index (χ0v) is 23.4. The lowest BCUT2D eigenvalue weighted by Crippen LogP contribution is -2.43. The Hall–Kier alpha value is -3.53. The molecule has 3 aromatic heterocycles. The predicted molar refractivity (Wildman–Crippen MR) is 153 cm³/mol. The molecule has 202 valence electrons. The third-order valence-electron chi connectivity index (χ3n) is 6.67. The number of benzene rings is 2. The summed E-state index contributed by atoms with van der Waals surface area (Å²) in [4.78, 5) is 35.3. The largest absolute Gasteiger partial charge is 0.448 e. The second-order valence-electron chi connectivity index (χ2n) is 9.83. The molecule has 1 amide bonds. The van der Waals surface area contributed by atoms with Gasteiger partial charge in [-0.3, -0.25) is 14.2 Å². The van der Waals surface area contributed by atoms with Crippen molar-refractivity contribution in [3.8, 4) is 0 Å². The number of amides is 1. The number of nitrogens with zero attached hydrogens (tertiary/aromatic N) is 3. The third kappa shape index (κ3) is 5.22. The van der Waals surface area contributed by atoms with Crippen LogP contribution in [0.4, 0.5) is 4.39 Å². The summed E-state index contributed by atoms with van der Waals surface area (Å²) < 4.78 is 22.2. The molecule has 3 heterocycles. The van der Waals surface area contributed by atoms with Crippen LogP contribution in [0.1, 0.15) is 46.5 Å². The molecule has 0 saturated carbocycles. The smallest absolute Gasteiger partial charge is 0.297 e. The SMILES string of the molecule is Cc1ccc(C(=O)N(CCN)[C@@H](c2nc3c(oc4ccc(F)cc43)c(=O)n2Cc2ccc(Cl)s2)C(C)C)cc1. The highest BCUT2D eigenvalue weighted by Crippen LogP contribution is 2.33. The van der Waals surface area contributed by atoms with Crippen molar-refractivity contribution in [3.05, 3.63) is 96.9 Å². The van der Waals surface area contributed by atoms with Crippen LogP contribution in [-0.4, -0.2) is 33.4 Å². The standard InChI is InChI=1S/C29H28ClFN4O3S/c1-16(2)25(34(13-12-32)28(36)18-6-4-17(3)5-7-18)27-33-24-21-14-19(31)8-10-22(21)38-26(24)29(37)35(27)15-20-9-11-23(30)39-20/h4-11,14,16,25H,12-13,15,32H2,1-3H3/t25-/m1/s1. The normalized spacial score (nSPS) is 12.5. The zero-order chi connectivity index (χ0) is 27.8. The molecule has 1 atom stereocenters. The molecule has 0 aliphatic carbocycles. The molecule has 0 bridgehead atoms. The van der Waals surface area contributed by atoms with E-state index >= 15 is 0 Å². The highest BCUT2D eigenvalue weighted by atomic mass is 35.5. The summed E-state index contributed by atoms with van der Waals surface area (Å²) in [5, 5.41) is 0.396. The van der Waals surface area contributed by atoms with Gasteiger partial charge in [0.15, 0.2) is 0 Å². The highest BCUT2D eigenvalue weighted by molar-refractivity contribution is 7.16. The van der Waals surface area contributed by atoms with E-state index in [1.165, 1.54) is 34.1 Å². The van der Waals surface area contributed by atoms with Crippen molar-refractivity contribution in [2.45, 2.75) is 33.4 Å². The van der Waals surface area contributed by atoms with Crippen LogP contribution >= 0.6 is 22.9 Å². The lowest BCUT2D eigenvalue weighted by atomic mass is 9.99. The van der Waals surface area contributed by atoms with Crippen LogP contribution in [0.2, 0.25) is 4.34 Å². The van der Waals surface area contributed by atoms with Crippen LogP contribution in [0.25, 0.3) is 22.1 Å². The van der Waals surface area contributed by atoms with Gasteiger partial charge in [-0.1, -0.05) is 43.1 Å². The first-order chi connectivity index (χ1) is 18.7. The maximum Gasteiger partial charge on any atom is 0.297 e. The lowest BCUT2D eigenvalue weighted by Gasteiger charge is -2.35. The first kappa shape index (κ1) is 27.1. The minimum absolute atomic E-state index is 0.0275. The van der Waals surface area contributed by atoms with Crippen LogP contribution in [0.3, 0.4) is 0 Å². The Bertz CT molecular complexity index is 1720. The van der Waals surface area contributed by atoms with E-state index in [0.717, 1.165) is 10.4 Å². The molecule has 5 rings (SSSR count). The Labute approximate surface area is 233 Å². The zero-order valence-electron chi connectivity index (χ0n) is 21.8. The first-order valence-corrected chi connectivity index (χ1v) is 13.8. The number of carbonyl (C=O) groups is 1. The lowest BCUT2D eigenvalue weighted by molar-refractivity contribution is 0.0612. The number of furan rings is 1. The van der Waals surface area contributed by atoms with Gasteiger partial charge in [-0.05, 0) is 55.3 Å². The minimum atomic E-state index is -0.617. The van der Waals surface area contributed by atoms with Crippen LogP contribution < -0.4 is 11.3 Å². The average molecular weight is 567 g/mol. The summed E-state index contributed by atoms with van der Waals surface area (Å²) >= 11 is 7.54. The fourth-order valence-electron chi connectivity index (χ4n) is 4.85. The fraction of sp³-hybridized carbons (Fsp3) is 0.276. The number of halogens is 2. The van der Waals surface area contributed by atoms with E-state index in [0.29, 0.717) is 26.7 Å². The topological polar surface area (TPSA) is 94.4 Å². The van der Waals surface area contributed by atoms with Crippen LogP contribution in [0.5, 0.6) is 0 Å². The van der Waals surface area contributed by atoms with Crippen molar-refractivity contribution in [3.63, 3.8) is 0 Å². The van der Waals surface area contributed by atoms with E-state index in [4.69, 9.17) is 26.7 Å². The van der Waals surface area contributed by atoms with Crippen LogP contribution in [0.15, 0.2) is 63.8 Å². The van der Waals surface area contributed by atoms with Crippen molar-refractivity contribution in [1.82, 2.24) is 14.5 Å². The molecule has 39 heavy (non-hydrogen) atoms. The Kier molecular flexibility index (Phi) is 7.57. The van der Waals surface area contributed by atoms with Gasteiger partial charge in [0.1, 0.15) is 22.7 Å². The van der Waals surface area contributed by atoms with E-state index < -0.39 is 17.4 Å². The van der Waals surface area contributed by atoms with E-state index in [-0.39, 0.29) is 42.6 Å². The number of nitrogens with two attached hydrogens (primary N) is 1. The summed E-state index contributed by atoms with van der Waals surface area (Å²) in [6, 6.07) is 14.4. The second-order valence-corrected chi connectivity index (χ2v) is 11.6. The molecule has 10 heteroatoms. The minimum Gasteiger partial charge on any atom is -0.448 e. The number of carbonyl (C=O) groups excluding carboxylic acids is 1. The molecule has 0 unspecified atom stereocenters. The number of aryl methyl sites for hydroxylation is 1. The molecular formula is C29H28ClFN4O3S. The maximum absolute atomic E-state index is 14.2.